The average Bonchev–Trinajstić information content (AvgIpc) is 2.74. The van der Waals surface area contributed by atoms with Crippen molar-refractivity contribution in [3.05, 3.63) is 70.8 Å². The summed E-state index contributed by atoms with van der Waals surface area (Å²) >= 11 is 0. The second-order valence-corrected chi connectivity index (χ2v) is 7.95. The fraction of sp³-hybridized carbons (Fsp3) is 0.417. The molecule has 0 aromatic heterocycles. The molecule has 29 heavy (non-hydrogen) atoms. The zero-order chi connectivity index (χ0) is 21.8. The molecule has 0 radical (unpaired) electrons. The van der Waals surface area contributed by atoms with Gasteiger partial charge in [-0.05, 0) is 38.8 Å². The number of carbonyl (C=O) groups excluding carboxylic acids is 2. The molecule has 5 nitrogen and oxygen atoms in total. The van der Waals surface area contributed by atoms with Gasteiger partial charge in [-0.25, -0.2) is 0 Å². The number of ketones is 2. The van der Waals surface area contributed by atoms with Gasteiger partial charge in [-0.1, -0.05) is 48.5 Å². The van der Waals surface area contributed by atoms with Crippen molar-refractivity contribution < 1.29 is 23.8 Å². The standard InChI is InChI=1S/C24H30O5/c1-23(2,28-6)21(25)18-12-8-16(9-13-18)20(27-5)17-10-14-19(15-11-17)22(26)24(3,4)29-7/h8-15,20H,1-7H3. The molecule has 0 saturated heterocycles. The van der Waals surface area contributed by atoms with Crippen molar-refractivity contribution in [2.45, 2.75) is 45.0 Å². The summed E-state index contributed by atoms with van der Waals surface area (Å²) in [6.45, 7) is 6.98. The van der Waals surface area contributed by atoms with Gasteiger partial charge in [-0.15, -0.1) is 0 Å². The Balaban J connectivity index is 2.26. The summed E-state index contributed by atoms with van der Waals surface area (Å²) in [4.78, 5) is 25.1. The van der Waals surface area contributed by atoms with E-state index in [4.69, 9.17) is 14.2 Å². The molecule has 0 aliphatic heterocycles. The van der Waals surface area contributed by atoms with Crippen LogP contribution in [0.1, 0.15) is 65.6 Å². The molecule has 0 aliphatic carbocycles. The molecule has 0 saturated carbocycles. The molecule has 0 aliphatic rings. The van der Waals surface area contributed by atoms with Crippen LogP contribution in [-0.4, -0.2) is 44.1 Å². The van der Waals surface area contributed by atoms with Gasteiger partial charge in [0.1, 0.15) is 17.3 Å². The summed E-state index contributed by atoms with van der Waals surface area (Å²) in [6, 6.07) is 14.6. The fourth-order valence-electron chi connectivity index (χ4n) is 2.96. The lowest BCUT2D eigenvalue weighted by atomic mass is 9.92. The monoisotopic (exact) mass is 398 g/mol. The number of hydrogen-bond donors (Lipinski definition) is 0. The Hall–Kier alpha value is -2.34. The van der Waals surface area contributed by atoms with E-state index in [1.807, 2.05) is 24.3 Å². The minimum atomic E-state index is -0.874. The van der Waals surface area contributed by atoms with Crippen molar-refractivity contribution in [3.8, 4) is 0 Å². The Morgan fingerprint density at radius 1 is 0.655 bits per heavy atom. The van der Waals surface area contributed by atoms with E-state index in [0.29, 0.717) is 11.1 Å². The first-order valence-corrected chi connectivity index (χ1v) is 9.50. The molecule has 0 N–H and O–H groups in total. The van der Waals surface area contributed by atoms with E-state index in [0.717, 1.165) is 11.1 Å². The minimum absolute atomic E-state index is 0.0795. The van der Waals surface area contributed by atoms with Crippen molar-refractivity contribution in [2.75, 3.05) is 21.3 Å². The van der Waals surface area contributed by atoms with Crippen LogP contribution in [0.2, 0.25) is 0 Å². The lowest BCUT2D eigenvalue weighted by molar-refractivity contribution is 0.0228. The molecule has 0 atom stereocenters. The topological polar surface area (TPSA) is 61.8 Å². The minimum Gasteiger partial charge on any atom is -0.372 e. The molecule has 5 heteroatoms. The summed E-state index contributed by atoms with van der Waals surface area (Å²) in [5.74, 6) is -0.159. The summed E-state index contributed by atoms with van der Waals surface area (Å²) in [6.07, 6.45) is -0.311. The van der Waals surface area contributed by atoms with Crippen LogP contribution in [0, 0.1) is 0 Å². The molecule has 0 spiro atoms. The first-order valence-electron chi connectivity index (χ1n) is 9.50. The maximum Gasteiger partial charge on any atom is 0.194 e. The van der Waals surface area contributed by atoms with Crippen molar-refractivity contribution in [1.29, 1.82) is 0 Å². The van der Waals surface area contributed by atoms with Gasteiger partial charge in [-0.2, -0.15) is 0 Å². The van der Waals surface area contributed by atoms with Gasteiger partial charge in [-0.3, -0.25) is 9.59 Å². The Labute approximate surface area is 173 Å². The van der Waals surface area contributed by atoms with Gasteiger partial charge in [0.25, 0.3) is 0 Å². The Morgan fingerprint density at radius 3 is 1.21 bits per heavy atom. The van der Waals surface area contributed by atoms with Crippen LogP contribution >= 0.6 is 0 Å². The maximum absolute atomic E-state index is 12.5. The highest BCUT2D eigenvalue weighted by atomic mass is 16.5. The fourth-order valence-corrected chi connectivity index (χ4v) is 2.96. The van der Waals surface area contributed by atoms with Crippen LogP contribution in [-0.2, 0) is 14.2 Å². The average molecular weight is 398 g/mol. The molecule has 0 unspecified atom stereocenters. The first kappa shape index (κ1) is 22.9. The highest BCUT2D eigenvalue weighted by Gasteiger charge is 2.29. The first-order chi connectivity index (χ1) is 13.6. The summed E-state index contributed by atoms with van der Waals surface area (Å²) in [5, 5.41) is 0. The number of carbonyl (C=O) groups is 2. The molecular formula is C24H30O5. The Kier molecular flexibility index (Phi) is 7.11. The van der Waals surface area contributed by atoms with E-state index < -0.39 is 11.2 Å². The summed E-state index contributed by atoms with van der Waals surface area (Å²) in [5.41, 5.74) is 1.24. The SMILES string of the molecule is COC(c1ccc(C(=O)C(C)(C)OC)cc1)c1ccc(C(=O)C(C)(C)OC)cc1. The summed E-state index contributed by atoms with van der Waals surface area (Å²) in [7, 11) is 4.68. The lowest BCUT2D eigenvalue weighted by Crippen LogP contribution is -2.33. The van der Waals surface area contributed by atoms with Crippen molar-refractivity contribution in [1.82, 2.24) is 0 Å². The predicted molar refractivity (Wildman–Crippen MR) is 113 cm³/mol. The number of Topliss-reactive ketones (excluding diaryl/α,β-unsaturated/α-hetero) is 2. The van der Waals surface area contributed by atoms with Gasteiger partial charge < -0.3 is 14.2 Å². The Morgan fingerprint density at radius 2 is 0.966 bits per heavy atom. The molecule has 156 valence electrons. The van der Waals surface area contributed by atoms with E-state index in [1.165, 1.54) is 14.2 Å². The largest absolute Gasteiger partial charge is 0.372 e. The van der Waals surface area contributed by atoms with Crippen LogP contribution in [0.3, 0.4) is 0 Å². The molecule has 0 bridgehead atoms. The van der Waals surface area contributed by atoms with Gasteiger partial charge in [0, 0.05) is 32.5 Å². The van der Waals surface area contributed by atoms with Crippen LogP contribution in [0.5, 0.6) is 0 Å². The zero-order valence-electron chi connectivity index (χ0n) is 18.2. The second-order valence-electron chi connectivity index (χ2n) is 7.95. The third-order valence-corrected chi connectivity index (χ3v) is 5.30. The molecule has 0 fully saturated rings. The van der Waals surface area contributed by atoms with Gasteiger partial charge in [0.15, 0.2) is 11.6 Å². The molecule has 2 rings (SSSR count). The van der Waals surface area contributed by atoms with Crippen LogP contribution in [0.15, 0.2) is 48.5 Å². The van der Waals surface area contributed by atoms with Crippen molar-refractivity contribution in [2.24, 2.45) is 0 Å². The van der Waals surface area contributed by atoms with Crippen molar-refractivity contribution in [3.63, 3.8) is 0 Å². The van der Waals surface area contributed by atoms with Crippen LogP contribution < -0.4 is 0 Å². The van der Waals surface area contributed by atoms with E-state index in [-0.39, 0.29) is 17.7 Å². The maximum atomic E-state index is 12.5. The quantitative estimate of drug-likeness (QED) is 0.576. The highest BCUT2D eigenvalue weighted by molar-refractivity contribution is 6.02. The lowest BCUT2D eigenvalue weighted by Gasteiger charge is -2.22. The van der Waals surface area contributed by atoms with Crippen LogP contribution in [0.25, 0.3) is 0 Å². The summed E-state index contributed by atoms with van der Waals surface area (Å²) < 4.78 is 16.2. The third kappa shape index (κ3) is 4.99. The van der Waals surface area contributed by atoms with E-state index in [1.54, 1.807) is 59.1 Å². The van der Waals surface area contributed by atoms with E-state index in [2.05, 4.69) is 0 Å². The highest BCUT2D eigenvalue weighted by Crippen LogP contribution is 2.28. The normalized spacial score (nSPS) is 12.3. The number of rotatable bonds is 9. The smallest absolute Gasteiger partial charge is 0.194 e. The molecule has 0 heterocycles. The molecule has 2 aromatic rings. The zero-order valence-corrected chi connectivity index (χ0v) is 18.2. The van der Waals surface area contributed by atoms with E-state index >= 15 is 0 Å². The predicted octanol–water partition coefficient (Wildman–Crippen LogP) is 4.64. The van der Waals surface area contributed by atoms with Crippen LogP contribution in [0.4, 0.5) is 0 Å². The van der Waals surface area contributed by atoms with E-state index in [9.17, 15) is 9.59 Å². The molecule has 0 amide bonds. The van der Waals surface area contributed by atoms with Crippen molar-refractivity contribution >= 4 is 11.6 Å². The molecule has 2 aromatic carbocycles. The van der Waals surface area contributed by atoms with Gasteiger partial charge in [0.2, 0.25) is 0 Å². The number of methoxy groups -OCH3 is 3. The Bertz CT molecular complexity index is 776. The number of benzene rings is 2. The number of ether oxygens (including phenoxy) is 3. The van der Waals surface area contributed by atoms with Gasteiger partial charge >= 0.3 is 0 Å². The molecular weight excluding hydrogens is 368 g/mol. The number of hydrogen-bond acceptors (Lipinski definition) is 5. The third-order valence-electron chi connectivity index (χ3n) is 5.30. The van der Waals surface area contributed by atoms with Gasteiger partial charge in [0.05, 0.1) is 0 Å². The second kappa shape index (κ2) is 8.99.